The third-order valence-electron chi connectivity index (χ3n) is 5.18. The minimum Gasteiger partial charge on any atom is -0.376 e. The zero-order valence-electron chi connectivity index (χ0n) is 17.0. The average Bonchev–Trinajstić information content (AvgIpc) is 3.27. The maximum absolute atomic E-state index is 13.1. The van der Waals surface area contributed by atoms with Crippen LogP contribution in [0.3, 0.4) is 0 Å². The molecule has 0 spiro atoms. The van der Waals surface area contributed by atoms with E-state index < -0.39 is 0 Å². The van der Waals surface area contributed by atoms with Gasteiger partial charge in [0.05, 0.1) is 29.3 Å². The van der Waals surface area contributed by atoms with Crippen LogP contribution >= 0.6 is 11.8 Å². The van der Waals surface area contributed by atoms with Crippen molar-refractivity contribution in [1.82, 2.24) is 14.9 Å². The second-order valence-electron chi connectivity index (χ2n) is 7.51. The van der Waals surface area contributed by atoms with Crippen LogP contribution in [0.2, 0.25) is 0 Å². The fourth-order valence-corrected chi connectivity index (χ4v) is 4.34. The number of aromatic nitrogens is 2. The zero-order chi connectivity index (χ0) is 20.9. The first-order valence-electron chi connectivity index (χ1n) is 10.2. The maximum atomic E-state index is 13.1. The molecular weight excluding hydrogens is 398 g/mol. The highest BCUT2D eigenvalue weighted by molar-refractivity contribution is 7.99. The Labute approximate surface area is 179 Å². The highest BCUT2D eigenvalue weighted by atomic mass is 32.2. The normalized spacial score (nSPS) is 16.1. The lowest BCUT2D eigenvalue weighted by Crippen LogP contribution is -2.30. The molecule has 2 aromatic carbocycles. The first kappa shape index (κ1) is 20.6. The van der Waals surface area contributed by atoms with E-state index in [9.17, 15) is 9.59 Å². The predicted molar refractivity (Wildman–Crippen MR) is 119 cm³/mol. The van der Waals surface area contributed by atoms with Gasteiger partial charge in [0.1, 0.15) is 0 Å². The largest absolute Gasteiger partial charge is 0.376 e. The topological polar surface area (TPSA) is 73.2 Å². The molecule has 0 radical (unpaired) electrons. The third kappa shape index (κ3) is 4.91. The lowest BCUT2D eigenvalue weighted by Gasteiger charge is -2.16. The lowest BCUT2D eigenvalue weighted by molar-refractivity contribution is -0.118. The Balaban J connectivity index is 1.48. The van der Waals surface area contributed by atoms with Gasteiger partial charge in [0.2, 0.25) is 5.91 Å². The van der Waals surface area contributed by atoms with Crippen molar-refractivity contribution in [1.29, 1.82) is 0 Å². The van der Waals surface area contributed by atoms with Gasteiger partial charge < -0.3 is 10.1 Å². The van der Waals surface area contributed by atoms with Crippen molar-refractivity contribution >= 4 is 28.6 Å². The monoisotopic (exact) mass is 423 g/mol. The van der Waals surface area contributed by atoms with Crippen molar-refractivity contribution in [2.24, 2.45) is 0 Å². The van der Waals surface area contributed by atoms with Gasteiger partial charge in [-0.05, 0) is 37.5 Å². The fourth-order valence-electron chi connectivity index (χ4n) is 3.50. The van der Waals surface area contributed by atoms with Gasteiger partial charge in [-0.2, -0.15) is 0 Å². The molecule has 2 heterocycles. The van der Waals surface area contributed by atoms with Crippen LogP contribution in [-0.4, -0.2) is 33.9 Å². The average molecular weight is 424 g/mol. The van der Waals surface area contributed by atoms with Crippen molar-refractivity contribution in [2.45, 2.75) is 44.1 Å². The van der Waals surface area contributed by atoms with E-state index in [2.05, 4.69) is 10.3 Å². The molecule has 1 atom stereocenters. The predicted octanol–water partition coefficient (Wildman–Crippen LogP) is 3.29. The number of para-hydroxylation sites is 1. The van der Waals surface area contributed by atoms with E-state index in [4.69, 9.17) is 4.74 Å². The zero-order valence-corrected chi connectivity index (χ0v) is 17.8. The number of carbonyl (C=O) groups is 1. The molecule has 1 amide bonds. The van der Waals surface area contributed by atoms with E-state index in [1.54, 1.807) is 10.6 Å². The Morgan fingerprint density at radius 3 is 2.80 bits per heavy atom. The second kappa shape index (κ2) is 9.45. The number of hydrogen-bond acceptors (Lipinski definition) is 5. The molecule has 7 heteroatoms. The minimum atomic E-state index is -0.0911. The summed E-state index contributed by atoms with van der Waals surface area (Å²) >= 11 is 1.29. The van der Waals surface area contributed by atoms with Crippen LogP contribution in [0.4, 0.5) is 0 Å². The first-order valence-corrected chi connectivity index (χ1v) is 11.1. The van der Waals surface area contributed by atoms with Gasteiger partial charge in [-0.25, -0.2) is 4.98 Å². The molecule has 3 aromatic rings. The highest BCUT2D eigenvalue weighted by Crippen LogP contribution is 2.21. The van der Waals surface area contributed by atoms with Crippen molar-refractivity contribution in [3.63, 3.8) is 0 Å². The van der Waals surface area contributed by atoms with Crippen molar-refractivity contribution < 1.29 is 9.53 Å². The number of aryl methyl sites for hydroxylation is 1. The van der Waals surface area contributed by atoms with E-state index in [1.165, 1.54) is 17.3 Å². The smallest absolute Gasteiger partial charge is 0.262 e. The molecule has 1 aliphatic rings. The summed E-state index contributed by atoms with van der Waals surface area (Å²) in [6, 6.07) is 15.4. The van der Waals surface area contributed by atoms with Gasteiger partial charge in [-0.1, -0.05) is 53.7 Å². The first-order chi connectivity index (χ1) is 14.6. The summed E-state index contributed by atoms with van der Waals surface area (Å²) in [7, 11) is 0. The number of rotatable bonds is 7. The van der Waals surface area contributed by atoms with Crippen LogP contribution in [0, 0.1) is 6.92 Å². The van der Waals surface area contributed by atoms with Crippen molar-refractivity contribution in [2.75, 3.05) is 12.4 Å². The van der Waals surface area contributed by atoms with Gasteiger partial charge >= 0.3 is 0 Å². The van der Waals surface area contributed by atoms with Crippen LogP contribution in [-0.2, 0) is 22.6 Å². The summed E-state index contributed by atoms with van der Waals surface area (Å²) in [5.74, 6) is 0.106. The van der Waals surface area contributed by atoms with E-state index in [0.29, 0.717) is 29.1 Å². The number of nitrogens with one attached hydrogen (secondary N) is 1. The Morgan fingerprint density at radius 2 is 2.03 bits per heavy atom. The highest BCUT2D eigenvalue weighted by Gasteiger charge is 2.20. The molecule has 0 aliphatic carbocycles. The number of carbonyl (C=O) groups excluding carboxylic acids is 1. The number of amides is 1. The van der Waals surface area contributed by atoms with Gasteiger partial charge in [-0.15, -0.1) is 0 Å². The molecular formula is C23H25N3O3S. The number of ether oxygens (including phenoxy) is 1. The van der Waals surface area contributed by atoms with Crippen LogP contribution in [0.15, 0.2) is 58.5 Å². The summed E-state index contributed by atoms with van der Waals surface area (Å²) in [5, 5.41) is 4.08. The van der Waals surface area contributed by atoms with Crippen molar-refractivity contribution in [3.8, 4) is 0 Å². The van der Waals surface area contributed by atoms with Crippen LogP contribution < -0.4 is 10.9 Å². The molecule has 0 bridgehead atoms. The molecule has 4 rings (SSSR count). The number of nitrogens with zero attached hydrogens (tertiary/aromatic N) is 2. The Bertz CT molecular complexity index is 1090. The fraction of sp³-hybridized carbons (Fsp3) is 0.348. The third-order valence-corrected chi connectivity index (χ3v) is 6.16. The molecule has 30 heavy (non-hydrogen) atoms. The van der Waals surface area contributed by atoms with Crippen LogP contribution in [0.5, 0.6) is 0 Å². The molecule has 1 aliphatic heterocycles. The summed E-state index contributed by atoms with van der Waals surface area (Å²) in [4.78, 5) is 30.1. The molecule has 6 nitrogen and oxygen atoms in total. The SMILES string of the molecule is Cc1ccc(CNC(=O)CSc2nc3ccccc3c(=O)n2C[C@H]2CCCO2)cc1. The minimum absolute atomic E-state index is 0.0142. The molecule has 1 aromatic heterocycles. The van der Waals surface area contributed by atoms with Crippen LogP contribution in [0.1, 0.15) is 24.0 Å². The van der Waals surface area contributed by atoms with E-state index >= 15 is 0 Å². The van der Waals surface area contributed by atoms with Crippen LogP contribution in [0.25, 0.3) is 10.9 Å². The Kier molecular flexibility index (Phi) is 6.50. The molecule has 1 saturated heterocycles. The molecule has 1 N–H and O–H groups in total. The number of hydrogen-bond donors (Lipinski definition) is 1. The summed E-state index contributed by atoms with van der Waals surface area (Å²) in [6.45, 7) is 3.70. The van der Waals surface area contributed by atoms with Gasteiger partial charge in [-0.3, -0.25) is 14.2 Å². The van der Waals surface area contributed by atoms with Gasteiger partial charge in [0.25, 0.3) is 5.56 Å². The standard InChI is InChI=1S/C23H25N3O3S/c1-16-8-10-17(11-9-16)13-24-21(27)15-30-23-25-20-7-3-2-6-19(20)22(28)26(23)14-18-5-4-12-29-18/h2-3,6-11,18H,4-5,12-15H2,1H3,(H,24,27)/t18-/m1/s1. The van der Waals surface area contributed by atoms with E-state index in [1.807, 2.05) is 49.4 Å². The lowest BCUT2D eigenvalue weighted by atomic mass is 10.1. The number of fused-ring (bicyclic) bond motifs is 1. The Hall–Kier alpha value is -2.64. The molecule has 0 saturated carbocycles. The van der Waals surface area contributed by atoms with E-state index in [0.717, 1.165) is 25.0 Å². The maximum Gasteiger partial charge on any atom is 0.262 e. The Morgan fingerprint density at radius 1 is 1.23 bits per heavy atom. The van der Waals surface area contributed by atoms with Crippen molar-refractivity contribution in [3.05, 3.63) is 70.0 Å². The summed E-state index contributed by atoms with van der Waals surface area (Å²) in [5.41, 5.74) is 2.80. The second-order valence-corrected chi connectivity index (χ2v) is 8.46. The van der Waals surface area contributed by atoms with E-state index in [-0.39, 0.29) is 23.3 Å². The van der Waals surface area contributed by atoms with Gasteiger partial charge in [0.15, 0.2) is 5.16 Å². The quantitative estimate of drug-likeness (QED) is 0.466. The summed E-state index contributed by atoms with van der Waals surface area (Å²) in [6.07, 6.45) is 1.95. The van der Waals surface area contributed by atoms with Gasteiger partial charge in [0, 0.05) is 13.2 Å². The molecule has 156 valence electrons. The molecule has 1 fully saturated rings. The number of thioether (sulfide) groups is 1. The summed E-state index contributed by atoms with van der Waals surface area (Å²) < 4.78 is 7.39. The number of benzene rings is 2. The molecule has 0 unspecified atom stereocenters.